The Bertz CT molecular complexity index is 924. The SMILES string of the molecule is CCCN1C(=O)S/C(=C/c2cc(I)c(OCc3ccc(Br)cc3)c(I)c2)C1=O. The van der Waals surface area contributed by atoms with Crippen molar-refractivity contribution in [2.24, 2.45) is 0 Å². The standard InChI is InChI=1S/C20H16BrI2NO3S/c1-2-7-24-19(25)17(28-20(24)26)10-13-8-15(22)18(16(23)9-13)27-11-12-3-5-14(21)6-4-12/h3-6,8-10H,2,7,11H2,1H3/b17-10+. The summed E-state index contributed by atoms with van der Waals surface area (Å²) in [7, 11) is 0. The highest BCUT2D eigenvalue weighted by Gasteiger charge is 2.34. The highest BCUT2D eigenvalue weighted by atomic mass is 127. The predicted octanol–water partition coefficient (Wildman–Crippen LogP) is 6.68. The zero-order valence-electron chi connectivity index (χ0n) is 14.9. The minimum absolute atomic E-state index is 0.197. The molecule has 1 aliphatic rings. The van der Waals surface area contributed by atoms with E-state index in [4.69, 9.17) is 4.74 Å². The van der Waals surface area contributed by atoms with Crippen molar-refractivity contribution in [3.8, 4) is 5.75 Å². The molecule has 2 amide bonds. The van der Waals surface area contributed by atoms with Crippen LogP contribution >= 0.6 is 72.9 Å². The lowest BCUT2D eigenvalue weighted by atomic mass is 10.2. The van der Waals surface area contributed by atoms with Crippen molar-refractivity contribution in [2.75, 3.05) is 6.54 Å². The molecule has 8 heteroatoms. The number of hydrogen-bond acceptors (Lipinski definition) is 4. The summed E-state index contributed by atoms with van der Waals surface area (Å²) in [6, 6.07) is 11.9. The van der Waals surface area contributed by atoms with Gasteiger partial charge in [-0.05, 0) is 105 Å². The van der Waals surface area contributed by atoms with Crippen molar-refractivity contribution in [1.29, 1.82) is 0 Å². The van der Waals surface area contributed by atoms with Gasteiger partial charge in [0.25, 0.3) is 11.1 Å². The van der Waals surface area contributed by atoms with E-state index in [9.17, 15) is 9.59 Å². The summed E-state index contributed by atoms with van der Waals surface area (Å²) < 4.78 is 8.97. The molecular weight excluding hydrogens is 668 g/mol. The lowest BCUT2D eigenvalue weighted by Gasteiger charge is -2.12. The summed E-state index contributed by atoms with van der Waals surface area (Å²) >= 11 is 8.90. The average molecular weight is 684 g/mol. The van der Waals surface area contributed by atoms with Crippen LogP contribution in [0.15, 0.2) is 45.8 Å². The van der Waals surface area contributed by atoms with Crippen LogP contribution in [-0.2, 0) is 11.4 Å². The summed E-state index contributed by atoms with van der Waals surface area (Å²) in [5.74, 6) is 0.609. The lowest BCUT2D eigenvalue weighted by molar-refractivity contribution is -0.122. The zero-order valence-corrected chi connectivity index (χ0v) is 21.6. The summed E-state index contributed by atoms with van der Waals surface area (Å²) in [5.41, 5.74) is 1.97. The zero-order chi connectivity index (χ0) is 20.3. The van der Waals surface area contributed by atoms with Gasteiger partial charge in [0.15, 0.2) is 0 Å². The fourth-order valence-corrected chi connectivity index (χ4v) is 5.86. The molecule has 0 bridgehead atoms. The minimum Gasteiger partial charge on any atom is -0.487 e. The van der Waals surface area contributed by atoms with Gasteiger partial charge in [-0.3, -0.25) is 14.5 Å². The quantitative estimate of drug-likeness (QED) is 0.252. The molecule has 1 aliphatic heterocycles. The first-order chi connectivity index (χ1) is 13.4. The number of halogens is 3. The molecule has 0 spiro atoms. The Morgan fingerprint density at radius 1 is 1.14 bits per heavy atom. The third kappa shape index (κ3) is 5.31. The van der Waals surface area contributed by atoms with Gasteiger partial charge in [-0.1, -0.05) is 35.0 Å². The number of carbonyl (C=O) groups is 2. The van der Waals surface area contributed by atoms with Gasteiger partial charge in [0.2, 0.25) is 0 Å². The number of hydrogen-bond donors (Lipinski definition) is 0. The summed E-state index contributed by atoms with van der Waals surface area (Å²) in [4.78, 5) is 26.2. The number of benzene rings is 2. The molecule has 1 fully saturated rings. The van der Waals surface area contributed by atoms with Crippen LogP contribution in [0.3, 0.4) is 0 Å². The number of rotatable bonds is 6. The number of thioether (sulfide) groups is 1. The fraction of sp³-hybridized carbons (Fsp3) is 0.200. The van der Waals surface area contributed by atoms with Crippen LogP contribution in [0.2, 0.25) is 0 Å². The monoisotopic (exact) mass is 683 g/mol. The Hall–Kier alpha value is -0.590. The predicted molar refractivity (Wildman–Crippen MR) is 133 cm³/mol. The molecule has 146 valence electrons. The van der Waals surface area contributed by atoms with Crippen molar-refractivity contribution < 1.29 is 14.3 Å². The molecule has 0 saturated carbocycles. The van der Waals surface area contributed by atoms with Crippen LogP contribution < -0.4 is 4.74 Å². The van der Waals surface area contributed by atoms with Crippen LogP contribution in [0.5, 0.6) is 5.75 Å². The van der Waals surface area contributed by atoms with E-state index in [0.717, 1.165) is 46.7 Å². The van der Waals surface area contributed by atoms with Gasteiger partial charge in [-0.15, -0.1) is 0 Å². The van der Waals surface area contributed by atoms with Crippen molar-refractivity contribution in [1.82, 2.24) is 4.90 Å². The Morgan fingerprint density at radius 3 is 2.39 bits per heavy atom. The van der Waals surface area contributed by atoms with E-state index in [1.54, 1.807) is 6.08 Å². The van der Waals surface area contributed by atoms with Gasteiger partial charge in [-0.25, -0.2) is 0 Å². The van der Waals surface area contributed by atoms with Crippen LogP contribution in [0, 0.1) is 7.14 Å². The molecule has 3 rings (SSSR count). The molecule has 0 radical (unpaired) electrons. The van der Waals surface area contributed by atoms with E-state index < -0.39 is 0 Å². The Kier molecular flexibility index (Phi) is 7.85. The van der Waals surface area contributed by atoms with Gasteiger partial charge in [-0.2, -0.15) is 0 Å². The molecule has 1 heterocycles. The number of carbonyl (C=O) groups excluding carboxylic acids is 2. The number of nitrogens with zero attached hydrogens (tertiary/aromatic N) is 1. The third-order valence-electron chi connectivity index (χ3n) is 3.94. The van der Waals surface area contributed by atoms with E-state index in [2.05, 4.69) is 61.1 Å². The Morgan fingerprint density at radius 2 is 1.79 bits per heavy atom. The molecule has 0 atom stereocenters. The van der Waals surface area contributed by atoms with Crippen LogP contribution in [0.1, 0.15) is 24.5 Å². The highest BCUT2D eigenvalue weighted by Crippen LogP contribution is 2.35. The first kappa shape index (κ1) is 22.1. The summed E-state index contributed by atoms with van der Waals surface area (Å²) in [6.45, 7) is 2.89. The molecule has 0 unspecified atom stereocenters. The van der Waals surface area contributed by atoms with E-state index in [-0.39, 0.29) is 11.1 Å². The van der Waals surface area contributed by atoms with Crippen LogP contribution in [-0.4, -0.2) is 22.6 Å². The molecule has 0 N–H and O–H groups in total. The fourth-order valence-electron chi connectivity index (χ4n) is 2.60. The Balaban J connectivity index is 1.77. The molecule has 1 saturated heterocycles. The number of ether oxygens (including phenoxy) is 1. The molecular formula is C20H16BrI2NO3S. The first-order valence-electron chi connectivity index (χ1n) is 8.50. The largest absolute Gasteiger partial charge is 0.487 e. The normalized spacial score (nSPS) is 15.6. The van der Waals surface area contributed by atoms with Crippen molar-refractivity contribution in [2.45, 2.75) is 20.0 Å². The molecule has 2 aromatic rings. The average Bonchev–Trinajstić information content (AvgIpc) is 2.90. The van der Waals surface area contributed by atoms with Gasteiger partial charge >= 0.3 is 0 Å². The van der Waals surface area contributed by atoms with E-state index >= 15 is 0 Å². The minimum atomic E-state index is -0.211. The number of imide groups is 1. The molecule has 0 aromatic heterocycles. The summed E-state index contributed by atoms with van der Waals surface area (Å²) in [5, 5.41) is -0.197. The highest BCUT2D eigenvalue weighted by molar-refractivity contribution is 14.1. The van der Waals surface area contributed by atoms with Gasteiger partial charge in [0.05, 0.1) is 12.0 Å². The number of amides is 2. The second-order valence-corrected chi connectivity index (χ2v) is 10.3. The maximum absolute atomic E-state index is 12.4. The van der Waals surface area contributed by atoms with Crippen LogP contribution in [0.4, 0.5) is 4.79 Å². The maximum Gasteiger partial charge on any atom is 0.293 e. The molecule has 4 nitrogen and oxygen atoms in total. The lowest BCUT2D eigenvalue weighted by Crippen LogP contribution is -2.28. The first-order valence-corrected chi connectivity index (χ1v) is 12.3. The van der Waals surface area contributed by atoms with Crippen LogP contribution in [0.25, 0.3) is 6.08 Å². The van der Waals surface area contributed by atoms with Gasteiger partial charge in [0, 0.05) is 11.0 Å². The van der Waals surface area contributed by atoms with Gasteiger partial charge in [0.1, 0.15) is 12.4 Å². The maximum atomic E-state index is 12.4. The second-order valence-electron chi connectivity index (χ2n) is 6.06. The second kappa shape index (κ2) is 9.94. The smallest absolute Gasteiger partial charge is 0.293 e. The van der Waals surface area contributed by atoms with E-state index in [1.807, 2.05) is 43.3 Å². The van der Waals surface area contributed by atoms with Gasteiger partial charge < -0.3 is 4.74 Å². The van der Waals surface area contributed by atoms with Crippen molar-refractivity contribution in [3.63, 3.8) is 0 Å². The molecule has 28 heavy (non-hydrogen) atoms. The Labute approximate surface area is 203 Å². The van der Waals surface area contributed by atoms with Crippen molar-refractivity contribution >= 4 is 90.1 Å². The van der Waals surface area contributed by atoms with E-state index in [1.165, 1.54) is 4.90 Å². The topological polar surface area (TPSA) is 46.6 Å². The molecule has 0 aliphatic carbocycles. The summed E-state index contributed by atoms with van der Waals surface area (Å²) in [6.07, 6.45) is 2.54. The van der Waals surface area contributed by atoms with Crippen molar-refractivity contribution in [3.05, 3.63) is 64.0 Å². The third-order valence-corrected chi connectivity index (χ3v) is 6.97. The van der Waals surface area contributed by atoms with E-state index in [0.29, 0.717) is 18.1 Å². The molecule has 2 aromatic carbocycles.